The van der Waals surface area contributed by atoms with Crippen molar-refractivity contribution in [3.05, 3.63) is 86.3 Å². The SMILES string of the molecule is Cc1ccccc1Cn1c(=O)c2c([nH]c3[n+]2C[C@H](C)CN3c2ccc(F)cc2)n(C)c1=O. The molecule has 0 unspecified atom stereocenters. The summed E-state index contributed by atoms with van der Waals surface area (Å²) in [6, 6.07) is 14.0. The van der Waals surface area contributed by atoms with Crippen molar-refractivity contribution in [3.8, 4) is 0 Å². The van der Waals surface area contributed by atoms with Gasteiger partial charge in [0.2, 0.25) is 11.2 Å². The second-order valence-electron chi connectivity index (χ2n) is 8.61. The lowest BCUT2D eigenvalue weighted by Crippen LogP contribution is -2.52. The van der Waals surface area contributed by atoms with Gasteiger partial charge in [0.1, 0.15) is 11.5 Å². The summed E-state index contributed by atoms with van der Waals surface area (Å²) in [7, 11) is 1.67. The number of nitrogens with zero attached hydrogens (tertiary/aromatic N) is 4. The van der Waals surface area contributed by atoms with Gasteiger partial charge in [0.25, 0.3) is 5.56 Å². The number of hydrogen-bond donors (Lipinski definition) is 1. The molecule has 0 aliphatic carbocycles. The molecule has 1 atom stereocenters. The predicted octanol–water partition coefficient (Wildman–Crippen LogP) is 2.60. The minimum atomic E-state index is -0.369. The van der Waals surface area contributed by atoms with Crippen molar-refractivity contribution in [2.45, 2.75) is 26.9 Å². The molecule has 1 aliphatic heterocycles. The molecule has 8 heteroatoms. The number of rotatable bonds is 3. The van der Waals surface area contributed by atoms with E-state index >= 15 is 0 Å². The van der Waals surface area contributed by atoms with Crippen molar-refractivity contribution >= 4 is 22.8 Å². The molecule has 3 heterocycles. The fraction of sp³-hybridized carbons (Fsp3) is 0.292. The lowest BCUT2D eigenvalue weighted by atomic mass is 10.1. The van der Waals surface area contributed by atoms with Gasteiger partial charge in [-0.25, -0.2) is 23.6 Å². The molecule has 0 saturated heterocycles. The average molecular weight is 434 g/mol. The van der Waals surface area contributed by atoms with E-state index in [1.165, 1.54) is 21.3 Å². The van der Waals surface area contributed by atoms with Crippen molar-refractivity contribution in [1.82, 2.24) is 14.1 Å². The van der Waals surface area contributed by atoms with Crippen LogP contribution in [0.4, 0.5) is 16.0 Å². The smallest absolute Gasteiger partial charge is 0.267 e. The lowest BCUT2D eigenvalue weighted by Gasteiger charge is -2.26. The number of imidazole rings is 1. The Balaban J connectivity index is 1.73. The largest absolute Gasteiger partial charge is 0.364 e. The van der Waals surface area contributed by atoms with Gasteiger partial charge < -0.3 is 0 Å². The molecule has 0 spiro atoms. The maximum absolute atomic E-state index is 13.6. The first kappa shape index (κ1) is 20.2. The second kappa shape index (κ2) is 7.47. The minimum Gasteiger partial charge on any atom is -0.267 e. The van der Waals surface area contributed by atoms with Gasteiger partial charge in [-0.15, -0.1) is 0 Å². The topological polar surface area (TPSA) is 66.9 Å². The summed E-state index contributed by atoms with van der Waals surface area (Å²) in [6.45, 7) is 5.65. The fourth-order valence-electron chi connectivity index (χ4n) is 4.52. The molecule has 2 aromatic heterocycles. The van der Waals surface area contributed by atoms with E-state index in [0.29, 0.717) is 30.2 Å². The molecule has 0 fully saturated rings. The maximum Gasteiger partial charge on any atom is 0.364 e. The highest BCUT2D eigenvalue weighted by molar-refractivity contribution is 5.70. The van der Waals surface area contributed by atoms with Gasteiger partial charge in [0, 0.05) is 13.0 Å². The van der Waals surface area contributed by atoms with E-state index in [0.717, 1.165) is 16.8 Å². The number of H-pyrrole nitrogens is 1. The third-order valence-corrected chi connectivity index (χ3v) is 6.25. The molecule has 32 heavy (non-hydrogen) atoms. The summed E-state index contributed by atoms with van der Waals surface area (Å²) >= 11 is 0. The van der Waals surface area contributed by atoms with E-state index in [9.17, 15) is 14.0 Å². The first-order valence-corrected chi connectivity index (χ1v) is 10.7. The van der Waals surface area contributed by atoms with Crippen molar-refractivity contribution in [2.75, 3.05) is 11.4 Å². The summed E-state index contributed by atoms with van der Waals surface area (Å²) < 4.78 is 18.2. The van der Waals surface area contributed by atoms with E-state index in [1.54, 1.807) is 19.2 Å². The number of halogens is 1. The van der Waals surface area contributed by atoms with E-state index in [2.05, 4.69) is 11.9 Å². The number of aryl methyl sites for hydroxylation is 2. The minimum absolute atomic E-state index is 0.214. The predicted molar refractivity (Wildman–Crippen MR) is 121 cm³/mol. The summed E-state index contributed by atoms with van der Waals surface area (Å²) in [5, 5.41) is 0. The molecule has 0 radical (unpaired) electrons. The normalized spacial score (nSPS) is 15.9. The molecular formula is C24H25FN5O2+. The van der Waals surface area contributed by atoms with Crippen molar-refractivity contribution in [3.63, 3.8) is 0 Å². The molecule has 0 saturated carbocycles. The number of anilines is 2. The van der Waals surface area contributed by atoms with Crippen molar-refractivity contribution < 1.29 is 8.96 Å². The zero-order valence-electron chi connectivity index (χ0n) is 18.3. The number of nitrogens with one attached hydrogen (secondary N) is 1. The van der Waals surface area contributed by atoms with Gasteiger partial charge in [-0.05, 0) is 42.3 Å². The quantitative estimate of drug-likeness (QED) is 0.504. The monoisotopic (exact) mass is 434 g/mol. The van der Waals surface area contributed by atoms with Crippen LogP contribution in [0.5, 0.6) is 0 Å². The molecule has 1 aliphatic rings. The van der Waals surface area contributed by atoms with Crippen LogP contribution in [0.15, 0.2) is 58.1 Å². The molecule has 2 aromatic carbocycles. The van der Waals surface area contributed by atoms with E-state index < -0.39 is 0 Å². The molecule has 164 valence electrons. The van der Waals surface area contributed by atoms with Crippen LogP contribution in [-0.2, 0) is 20.1 Å². The van der Waals surface area contributed by atoms with Gasteiger partial charge >= 0.3 is 11.6 Å². The Hall–Kier alpha value is -3.68. The molecule has 5 rings (SSSR count). The van der Waals surface area contributed by atoms with Crippen LogP contribution in [-0.4, -0.2) is 20.7 Å². The summed E-state index contributed by atoms with van der Waals surface area (Å²) in [5.41, 5.74) is 3.05. The zero-order valence-corrected chi connectivity index (χ0v) is 18.3. The van der Waals surface area contributed by atoms with Crippen molar-refractivity contribution in [2.24, 2.45) is 13.0 Å². The van der Waals surface area contributed by atoms with Crippen LogP contribution in [0, 0.1) is 18.7 Å². The number of aromatic amines is 1. The van der Waals surface area contributed by atoms with E-state index in [1.807, 2.05) is 40.7 Å². The molecule has 0 bridgehead atoms. The van der Waals surface area contributed by atoms with E-state index in [-0.39, 0.29) is 29.5 Å². The Kier molecular flexibility index (Phi) is 4.73. The van der Waals surface area contributed by atoms with Crippen LogP contribution in [0.1, 0.15) is 18.1 Å². The summed E-state index contributed by atoms with van der Waals surface area (Å²) in [6.07, 6.45) is 0. The Morgan fingerprint density at radius 1 is 1.12 bits per heavy atom. The highest BCUT2D eigenvalue weighted by Crippen LogP contribution is 2.28. The van der Waals surface area contributed by atoms with Gasteiger partial charge in [-0.3, -0.25) is 13.9 Å². The van der Waals surface area contributed by atoms with Crippen LogP contribution in [0.3, 0.4) is 0 Å². The lowest BCUT2D eigenvalue weighted by molar-refractivity contribution is -0.669. The molecule has 0 amide bonds. The third kappa shape index (κ3) is 3.14. The number of aromatic nitrogens is 4. The summed E-state index contributed by atoms with van der Waals surface area (Å²) in [5.74, 6) is 0.660. The Morgan fingerprint density at radius 3 is 2.56 bits per heavy atom. The number of benzene rings is 2. The maximum atomic E-state index is 13.6. The number of fused-ring (bicyclic) bond motifs is 3. The highest BCUT2D eigenvalue weighted by atomic mass is 19.1. The zero-order chi connectivity index (χ0) is 22.6. The van der Waals surface area contributed by atoms with E-state index in [4.69, 9.17) is 0 Å². The van der Waals surface area contributed by atoms with Crippen LogP contribution >= 0.6 is 0 Å². The van der Waals surface area contributed by atoms with Gasteiger partial charge in [-0.2, -0.15) is 0 Å². The first-order chi connectivity index (χ1) is 15.3. The molecule has 1 N–H and O–H groups in total. The summed E-state index contributed by atoms with van der Waals surface area (Å²) in [4.78, 5) is 32.0. The highest BCUT2D eigenvalue weighted by Gasteiger charge is 2.36. The Bertz CT molecular complexity index is 1450. The van der Waals surface area contributed by atoms with Gasteiger partial charge in [0.05, 0.1) is 19.6 Å². The standard InChI is InChI=1S/C24H24FN5O2/c1-15-12-28(19-10-8-18(25)9-11-19)23-26-21-20(29(23)13-15)22(31)30(24(32)27(21)3)14-17-7-5-4-6-16(17)2/h4-11,15H,12-14H2,1-3H3/p+1/t15-/m1/s1. The molecule has 7 nitrogen and oxygen atoms in total. The molecular weight excluding hydrogens is 409 g/mol. The third-order valence-electron chi connectivity index (χ3n) is 6.25. The second-order valence-corrected chi connectivity index (χ2v) is 8.61. The fourth-order valence-corrected chi connectivity index (χ4v) is 4.52. The Labute approximate surface area is 184 Å². The van der Waals surface area contributed by atoms with Gasteiger partial charge in [-0.1, -0.05) is 31.2 Å². The average Bonchev–Trinajstić information content (AvgIpc) is 3.16. The Morgan fingerprint density at radius 2 is 1.84 bits per heavy atom. The van der Waals surface area contributed by atoms with Crippen molar-refractivity contribution in [1.29, 1.82) is 0 Å². The van der Waals surface area contributed by atoms with Crippen LogP contribution in [0.2, 0.25) is 0 Å². The number of hydrogen-bond acceptors (Lipinski definition) is 3. The molecule has 4 aromatic rings. The van der Waals surface area contributed by atoms with Gasteiger partial charge in [0.15, 0.2) is 0 Å². The van der Waals surface area contributed by atoms with Crippen LogP contribution in [0.25, 0.3) is 11.2 Å². The van der Waals surface area contributed by atoms with Crippen LogP contribution < -0.4 is 20.7 Å². The first-order valence-electron chi connectivity index (χ1n) is 10.7.